The summed E-state index contributed by atoms with van der Waals surface area (Å²) < 4.78 is 0. The molecule has 0 aliphatic carbocycles. The highest BCUT2D eigenvalue weighted by molar-refractivity contribution is 5.94. The smallest absolute Gasteiger partial charge is 0.312 e. The van der Waals surface area contributed by atoms with Gasteiger partial charge in [0.1, 0.15) is 0 Å². The highest BCUT2D eigenvalue weighted by Gasteiger charge is 2.16. The Labute approximate surface area is 124 Å². The number of urea groups is 1. The first-order chi connectivity index (χ1) is 8.90. The first-order valence-electron chi connectivity index (χ1n) is 6.09. The number of primary amides is 1. The van der Waals surface area contributed by atoms with Crippen LogP contribution in [0.25, 0.3) is 0 Å². The van der Waals surface area contributed by atoms with Gasteiger partial charge in [0.15, 0.2) is 0 Å². The standard InChI is InChI=1S/C13H20N4O2.ClH/c1-8(2)11(14)12(18)17-10-5-3-9(4-6-10)7-16-13(15)19;/h3-6,8,11H,7,14H2,1-2H3,(H,17,18)(H3,15,16,19);1H/t11-;/m0./s1. The van der Waals surface area contributed by atoms with Gasteiger partial charge in [0.05, 0.1) is 6.04 Å². The molecular weight excluding hydrogens is 280 g/mol. The number of hydrogen-bond acceptors (Lipinski definition) is 3. The summed E-state index contributed by atoms with van der Waals surface area (Å²) in [7, 11) is 0. The maximum Gasteiger partial charge on any atom is 0.312 e. The molecule has 0 aliphatic rings. The molecule has 1 atom stereocenters. The van der Waals surface area contributed by atoms with E-state index in [-0.39, 0.29) is 24.2 Å². The summed E-state index contributed by atoms with van der Waals surface area (Å²) in [5, 5.41) is 5.23. The van der Waals surface area contributed by atoms with E-state index in [0.717, 1.165) is 5.56 Å². The van der Waals surface area contributed by atoms with Gasteiger partial charge < -0.3 is 22.1 Å². The van der Waals surface area contributed by atoms with Crippen molar-refractivity contribution in [3.05, 3.63) is 29.8 Å². The number of halogens is 1. The second-order valence-electron chi connectivity index (χ2n) is 4.67. The SMILES string of the molecule is CC(C)[C@H](N)C(=O)Nc1ccc(CNC(N)=O)cc1.Cl. The number of nitrogens with one attached hydrogen (secondary N) is 2. The third kappa shape index (κ3) is 5.90. The van der Waals surface area contributed by atoms with E-state index in [9.17, 15) is 9.59 Å². The Bertz CT molecular complexity index is 448. The van der Waals surface area contributed by atoms with Gasteiger partial charge in [0, 0.05) is 12.2 Å². The van der Waals surface area contributed by atoms with Crippen LogP contribution >= 0.6 is 12.4 Å². The monoisotopic (exact) mass is 300 g/mol. The molecule has 7 heteroatoms. The van der Waals surface area contributed by atoms with Gasteiger partial charge >= 0.3 is 6.03 Å². The lowest BCUT2D eigenvalue weighted by molar-refractivity contribution is -0.118. The Morgan fingerprint density at radius 3 is 2.20 bits per heavy atom. The number of anilines is 1. The summed E-state index contributed by atoms with van der Waals surface area (Å²) in [6.45, 7) is 4.14. The summed E-state index contributed by atoms with van der Waals surface area (Å²) in [5.74, 6) is -0.128. The maximum absolute atomic E-state index is 11.7. The Kier molecular flexibility index (Phi) is 7.64. The number of carbonyl (C=O) groups excluding carboxylic acids is 2. The molecule has 1 aromatic carbocycles. The third-order valence-electron chi connectivity index (χ3n) is 2.71. The van der Waals surface area contributed by atoms with Gasteiger partial charge in [-0.25, -0.2) is 4.79 Å². The number of amides is 3. The molecule has 0 saturated carbocycles. The van der Waals surface area contributed by atoms with E-state index in [0.29, 0.717) is 12.2 Å². The molecular formula is C13H21ClN4O2. The van der Waals surface area contributed by atoms with Gasteiger partial charge in [0.2, 0.25) is 5.91 Å². The van der Waals surface area contributed by atoms with Crippen LogP contribution in [-0.2, 0) is 11.3 Å². The van der Waals surface area contributed by atoms with Crippen molar-refractivity contribution >= 4 is 30.0 Å². The third-order valence-corrected chi connectivity index (χ3v) is 2.71. The highest BCUT2D eigenvalue weighted by atomic mass is 35.5. The Balaban J connectivity index is 0.00000361. The first-order valence-corrected chi connectivity index (χ1v) is 6.09. The topological polar surface area (TPSA) is 110 Å². The quantitative estimate of drug-likeness (QED) is 0.655. The molecule has 20 heavy (non-hydrogen) atoms. The average molecular weight is 301 g/mol. The van der Waals surface area contributed by atoms with E-state index < -0.39 is 12.1 Å². The molecule has 0 aliphatic heterocycles. The van der Waals surface area contributed by atoms with Crippen LogP contribution in [0.4, 0.5) is 10.5 Å². The van der Waals surface area contributed by atoms with Crippen molar-refractivity contribution in [3.8, 4) is 0 Å². The van der Waals surface area contributed by atoms with Crippen molar-refractivity contribution in [2.75, 3.05) is 5.32 Å². The Hall–Kier alpha value is -1.79. The second-order valence-corrected chi connectivity index (χ2v) is 4.67. The van der Waals surface area contributed by atoms with Crippen LogP contribution in [0.2, 0.25) is 0 Å². The molecule has 0 heterocycles. The minimum atomic E-state index is -0.569. The summed E-state index contributed by atoms with van der Waals surface area (Å²) in [5.41, 5.74) is 12.3. The fraction of sp³-hybridized carbons (Fsp3) is 0.385. The summed E-state index contributed by atoms with van der Waals surface area (Å²) >= 11 is 0. The summed E-state index contributed by atoms with van der Waals surface area (Å²) in [6.07, 6.45) is 0. The van der Waals surface area contributed by atoms with E-state index in [1.54, 1.807) is 24.3 Å². The lowest BCUT2D eigenvalue weighted by Crippen LogP contribution is -2.39. The normalized spacial score (nSPS) is 11.4. The van der Waals surface area contributed by atoms with E-state index >= 15 is 0 Å². The zero-order chi connectivity index (χ0) is 14.4. The fourth-order valence-electron chi connectivity index (χ4n) is 1.42. The minimum absolute atomic E-state index is 0. The highest BCUT2D eigenvalue weighted by Crippen LogP contribution is 2.11. The molecule has 112 valence electrons. The minimum Gasteiger partial charge on any atom is -0.352 e. The molecule has 6 nitrogen and oxygen atoms in total. The van der Waals surface area contributed by atoms with Crippen molar-refractivity contribution in [1.82, 2.24) is 5.32 Å². The molecule has 1 aromatic rings. The fourth-order valence-corrected chi connectivity index (χ4v) is 1.42. The summed E-state index contributed by atoms with van der Waals surface area (Å²) in [6, 6.07) is 6.00. The lowest BCUT2D eigenvalue weighted by atomic mass is 10.0. The van der Waals surface area contributed by atoms with Gasteiger partial charge in [-0.2, -0.15) is 0 Å². The molecule has 0 spiro atoms. The van der Waals surface area contributed by atoms with Crippen LogP contribution in [0.5, 0.6) is 0 Å². The van der Waals surface area contributed by atoms with Crippen LogP contribution in [0.1, 0.15) is 19.4 Å². The molecule has 1 rings (SSSR count). The predicted octanol–water partition coefficient (Wildman–Crippen LogP) is 1.20. The molecule has 0 unspecified atom stereocenters. The first kappa shape index (κ1) is 18.2. The van der Waals surface area contributed by atoms with Crippen LogP contribution in [-0.4, -0.2) is 18.0 Å². The van der Waals surface area contributed by atoms with Gasteiger partial charge in [-0.05, 0) is 23.6 Å². The van der Waals surface area contributed by atoms with Crippen molar-refractivity contribution in [2.45, 2.75) is 26.4 Å². The summed E-state index contributed by atoms with van der Waals surface area (Å²) in [4.78, 5) is 22.3. The van der Waals surface area contributed by atoms with Crippen molar-refractivity contribution in [3.63, 3.8) is 0 Å². The van der Waals surface area contributed by atoms with E-state index in [1.807, 2.05) is 13.8 Å². The predicted molar refractivity (Wildman–Crippen MR) is 81.6 cm³/mol. The Morgan fingerprint density at radius 2 is 1.75 bits per heavy atom. The number of rotatable bonds is 5. The van der Waals surface area contributed by atoms with Crippen molar-refractivity contribution < 1.29 is 9.59 Å². The van der Waals surface area contributed by atoms with Crippen molar-refractivity contribution in [1.29, 1.82) is 0 Å². The van der Waals surface area contributed by atoms with Crippen LogP contribution in [0, 0.1) is 5.92 Å². The van der Waals surface area contributed by atoms with Crippen LogP contribution < -0.4 is 22.1 Å². The van der Waals surface area contributed by atoms with Crippen LogP contribution in [0.3, 0.4) is 0 Å². The molecule has 0 fully saturated rings. The molecule has 3 amide bonds. The van der Waals surface area contributed by atoms with E-state index in [4.69, 9.17) is 11.5 Å². The zero-order valence-electron chi connectivity index (χ0n) is 11.6. The maximum atomic E-state index is 11.7. The van der Waals surface area contributed by atoms with Gasteiger partial charge in [-0.15, -0.1) is 12.4 Å². The van der Waals surface area contributed by atoms with Gasteiger partial charge in [-0.1, -0.05) is 26.0 Å². The van der Waals surface area contributed by atoms with Crippen molar-refractivity contribution in [2.24, 2.45) is 17.4 Å². The van der Waals surface area contributed by atoms with Crippen LogP contribution in [0.15, 0.2) is 24.3 Å². The number of nitrogens with two attached hydrogens (primary N) is 2. The van der Waals surface area contributed by atoms with E-state index in [2.05, 4.69) is 10.6 Å². The average Bonchev–Trinajstić information content (AvgIpc) is 2.36. The number of carbonyl (C=O) groups is 2. The molecule has 0 aromatic heterocycles. The zero-order valence-corrected chi connectivity index (χ0v) is 12.4. The Morgan fingerprint density at radius 1 is 1.20 bits per heavy atom. The second kappa shape index (κ2) is 8.39. The number of hydrogen-bond donors (Lipinski definition) is 4. The molecule has 0 radical (unpaired) electrons. The molecule has 0 saturated heterocycles. The van der Waals surface area contributed by atoms with E-state index in [1.165, 1.54) is 0 Å². The van der Waals surface area contributed by atoms with Gasteiger partial charge in [0.25, 0.3) is 0 Å². The lowest BCUT2D eigenvalue weighted by Gasteiger charge is -2.15. The number of benzene rings is 1. The largest absolute Gasteiger partial charge is 0.352 e. The molecule has 0 bridgehead atoms. The molecule has 6 N–H and O–H groups in total. The van der Waals surface area contributed by atoms with Gasteiger partial charge in [-0.3, -0.25) is 4.79 Å².